The van der Waals surface area contributed by atoms with Crippen LogP contribution < -0.4 is 10.5 Å². The number of carbonyl (C=O) groups is 1. The number of carbonyl (C=O) groups excluding carboxylic acids is 1. The van der Waals surface area contributed by atoms with Gasteiger partial charge in [0.1, 0.15) is 5.75 Å². The molecule has 0 fully saturated rings. The van der Waals surface area contributed by atoms with Crippen LogP contribution in [0.4, 0.5) is 18.9 Å². The molecule has 0 heterocycles. The topological polar surface area (TPSA) is 61.5 Å². The second kappa shape index (κ2) is 8.35. The molecule has 0 radical (unpaired) electrons. The zero-order chi connectivity index (χ0) is 19.3. The van der Waals surface area contributed by atoms with E-state index >= 15 is 0 Å². The lowest BCUT2D eigenvalue weighted by Crippen LogP contribution is -2.25. The second-order valence-electron chi connectivity index (χ2n) is 5.34. The highest BCUT2D eigenvalue weighted by Crippen LogP contribution is 2.37. The van der Waals surface area contributed by atoms with Crippen LogP contribution in [-0.4, -0.2) is 18.7 Å². The quantitative estimate of drug-likeness (QED) is 0.573. The van der Waals surface area contributed by atoms with Crippen LogP contribution >= 0.6 is 11.8 Å². The van der Waals surface area contributed by atoms with E-state index < -0.39 is 23.8 Å². The van der Waals surface area contributed by atoms with Gasteiger partial charge in [0.2, 0.25) is 0 Å². The van der Waals surface area contributed by atoms with Gasteiger partial charge in [0.05, 0.1) is 12.2 Å². The van der Waals surface area contributed by atoms with Gasteiger partial charge in [-0.3, -0.25) is 0 Å². The fraction of sp³-hybridized carbons (Fsp3) is 0.278. The lowest BCUT2D eigenvalue weighted by Gasteiger charge is -2.14. The van der Waals surface area contributed by atoms with E-state index in [4.69, 9.17) is 15.2 Å². The Kier molecular flexibility index (Phi) is 6.42. The Balaban J connectivity index is 2.04. The summed E-state index contributed by atoms with van der Waals surface area (Å²) in [7, 11) is 0. The Morgan fingerprint density at radius 1 is 1.19 bits per heavy atom. The fourth-order valence-corrected chi connectivity index (χ4v) is 2.88. The van der Waals surface area contributed by atoms with E-state index in [1.807, 2.05) is 0 Å². The normalized spacial score (nSPS) is 12.5. The Labute approximate surface area is 153 Å². The van der Waals surface area contributed by atoms with Gasteiger partial charge in [-0.05, 0) is 56.3 Å². The van der Waals surface area contributed by atoms with E-state index in [0.717, 1.165) is 17.0 Å². The first-order valence-electron chi connectivity index (χ1n) is 7.78. The molecule has 0 spiro atoms. The first-order chi connectivity index (χ1) is 12.2. The van der Waals surface area contributed by atoms with Crippen LogP contribution in [-0.2, 0) is 15.7 Å². The van der Waals surface area contributed by atoms with E-state index in [9.17, 15) is 18.0 Å². The van der Waals surface area contributed by atoms with Crippen LogP contribution in [0.3, 0.4) is 0 Å². The number of alkyl halides is 3. The number of nitrogens with two attached hydrogens (primary N) is 1. The highest BCUT2D eigenvalue weighted by Gasteiger charge is 2.30. The van der Waals surface area contributed by atoms with Crippen LogP contribution in [0.15, 0.2) is 52.3 Å². The van der Waals surface area contributed by atoms with Crippen molar-refractivity contribution >= 4 is 23.4 Å². The molecule has 1 atom stereocenters. The maximum absolute atomic E-state index is 12.7. The zero-order valence-corrected chi connectivity index (χ0v) is 15.0. The molecule has 2 rings (SSSR count). The highest BCUT2D eigenvalue weighted by atomic mass is 32.2. The number of anilines is 1. The van der Waals surface area contributed by atoms with Crippen LogP contribution in [0.2, 0.25) is 0 Å². The van der Waals surface area contributed by atoms with Crippen molar-refractivity contribution in [3.05, 3.63) is 48.0 Å². The third-order valence-electron chi connectivity index (χ3n) is 3.32. The standard InChI is InChI=1S/C18H18F3NO3S/c1-3-24-17(23)11(2)25-13-5-7-14(8-6-13)26-16-9-4-12(10-15(16)22)18(19,20)21/h4-11H,3,22H2,1-2H3. The molecule has 0 aliphatic carbocycles. The number of hydrogen-bond donors (Lipinski definition) is 1. The molecule has 0 amide bonds. The molecule has 0 bridgehead atoms. The molecule has 1 unspecified atom stereocenters. The van der Waals surface area contributed by atoms with E-state index in [0.29, 0.717) is 10.6 Å². The van der Waals surface area contributed by atoms with Crippen molar-refractivity contribution in [2.24, 2.45) is 0 Å². The van der Waals surface area contributed by atoms with Gasteiger partial charge in [-0.2, -0.15) is 13.2 Å². The number of nitrogen functional groups attached to an aromatic ring is 1. The molecular weight excluding hydrogens is 367 g/mol. The summed E-state index contributed by atoms with van der Waals surface area (Å²) in [6.45, 7) is 3.57. The maximum Gasteiger partial charge on any atom is 0.416 e. The van der Waals surface area contributed by atoms with Gasteiger partial charge in [-0.15, -0.1) is 0 Å². The molecule has 2 N–H and O–H groups in total. The summed E-state index contributed by atoms with van der Waals surface area (Å²) in [5.74, 6) is 0.0266. The predicted octanol–water partition coefficient (Wildman–Crippen LogP) is 4.77. The first-order valence-corrected chi connectivity index (χ1v) is 8.60. The third-order valence-corrected chi connectivity index (χ3v) is 4.42. The van der Waals surface area contributed by atoms with Crippen LogP contribution in [0, 0.1) is 0 Å². The van der Waals surface area contributed by atoms with Gasteiger partial charge in [0.15, 0.2) is 6.10 Å². The molecule has 2 aromatic carbocycles. The minimum atomic E-state index is -4.42. The van der Waals surface area contributed by atoms with Crippen LogP contribution in [0.5, 0.6) is 5.75 Å². The van der Waals surface area contributed by atoms with Crippen molar-refractivity contribution in [2.75, 3.05) is 12.3 Å². The minimum Gasteiger partial charge on any atom is -0.479 e. The van der Waals surface area contributed by atoms with Crippen LogP contribution in [0.1, 0.15) is 19.4 Å². The number of ether oxygens (including phenoxy) is 2. The average Bonchev–Trinajstić information content (AvgIpc) is 2.57. The van der Waals surface area contributed by atoms with Crippen molar-refractivity contribution in [2.45, 2.75) is 35.9 Å². The lowest BCUT2D eigenvalue weighted by atomic mass is 10.2. The van der Waals surface area contributed by atoms with Crippen molar-refractivity contribution in [1.82, 2.24) is 0 Å². The smallest absolute Gasteiger partial charge is 0.416 e. The summed E-state index contributed by atoms with van der Waals surface area (Å²) in [5.41, 5.74) is 5.00. The largest absolute Gasteiger partial charge is 0.479 e. The predicted molar refractivity (Wildman–Crippen MR) is 93.1 cm³/mol. The Morgan fingerprint density at radius 3 is 2.38 bits per heavy atom. The van der Waals surface area contributed by atoms with Crippen molar-refractivity contribution < 1.29 is 27.4 Å². The molecule has 140 valence electrons. The van der Waals surface area contributed by atoms with Gasteiger partial charge in [-0.1, -0.05) is 11.8 Å². The van der Waals surface area contributed by atoms with E-state index in [1.165, 1.54) is 17.8 Å². The van der Waals surface area contributed by atoms with Gasteiger partial charge in [0.25, 0.3) is 0 Å². The summed E-state index contributed by atoms with van der Waals surface area (Å²) in [5, 5.41) is 0. The van der Waals surface area contributed by atoms with E-state index in [1.54, 1.807) is 38.1 Å². The molecule has 4 nitrogen and oxygen atoms in total. The van der Waals surface area contributed by atoms with Gasteiger partial charge < -0.3 is 15.2 Å². The molecule has 0 aliphatic heterocycles. The zero-order valence-electron chi connectivity index (χ0n) is 14.2. The molecule has 0 saturated heterocycles. The van der Waals surface area contributed by atoms with Gasteiger partial charge in [-0.25, -0.2) is 4.79 Å². The lowest BCUT2D eigenvalue weighted by molar-refractivity contribution is -0.150. The van der Waals surface area contributed by atoms with Crippen molar-refractivity contribution in [3.63, 3.8) is 0 Å². The molecule has 2 aromatic rings. The summed E-state index contributed by atoms with van der Waals surface area (Å²) < 4.78 is 48.4. The molecular formula is C18H18F3NO3S. The van der Waals surface area contributed by atoms with E-state index in [-0.39, 0.29) is 12.3 Å². The Bertz CT molecular complexity index is 763. The van der Waals surface area contributed by atoms with Gasteiger partial charge >= 0.3 is 12.1 Å². The van der Waals surface area contributed by atoms with Crippen molar-refractivity contribution in [1.29, 1.82) is 0 Å². The molecule has 0 aromatic heterocycles. The summed E-state index contributed by atoms with van der Waals surface area (Å²) in [4.78, 5) is 12.8. The second-order valence-corrected chi connectivity index (χ2v) is 6.45. The van der Waals surface area contributed by atoms with Gasteiger partial charge in [0, 0.05) is 15.5 Å². The van der Waals surface area contributed by atoms with E-state index in [2.05, 4.69) is 0 Å². The minimum absolute atomic E-state index is 0.0566. The molecule has 8 heteroatoms. The molecule has 0 saturated carbocycles. The fourth-order valence-electron chi connectivity index (χ4n) is 2.04. The average molecular weight is 385 g/mol. The number of esters is 1. The Hall–Kier alpha value is -2.35. The van der Waals surface area contributed by atoms with Crippen LogP contribution in [0.25, 0.3) is 0 Å². The molecule has 26 heavy (non-hydrogen) atoms. The highest BCUT2D eigenvalue weighted by molar-refractivity contribution is 7.99. The number of hydrogen-bond acceptors (Lipinski definition) is 5. The Morgan fingerprint density at radius 2 is 1.85 bits per heavy atom. The number of rotatable bonds is 6. The summed E-state index contributed by atoms with van der Waals surface area (Å²) in [6, 6.07) is 10.1. The summed E-state index contributed by atoms with van der Waals surface area (Å²) >= 11 is 1.24. The van der Waals surface area contributed by atoms with Crippen molar-refractivity contribution in [3.8, 4) is 5.75 Å². The monoisotopic (exact) mass is 385 g/mol. The molecule has 0 aliphatic rings. The summed E-state index contributed by atoms with van der Waals surface area (Å²) in [6.07, 6.45) is -5.16. The number of halogens is 3. The number of benzene rings is 2. The third kappa shape index (κ3) is 5.32. The SMILES string of the molecule is CCOC(=O)C(C)Oc1ccc(Sc2ccc(C(F)(F)F)cc2N)cc1. The maximum atomic E-state index is 12.7. The first kappa shape index (κ1) is 20.0.